The molecule has 0 aliphatic rings. The molecular formula is C16H35NaO3S. The van der Waals surface area contributed by atoms with Crippen LogP contribution in [0.15, 0.2) is 0 Å². The molecule has 3 nitrogen and oxygen atoms in total. The molecule has 21 heavy (non-hydrogen) atoms. The molecule has 0 bridgehead atoms. The topological polar surface area (TPSA) is 43.4 Å². The van der Waals surface area contributed by atoms with E-state index >= 15 is 0 Å². The van der Waals surface area contributed by atoms with Gasteiger partial charge in [0.1, 0.15) is 0 Å². The molecule has 0 heterocycles. The summed E-state index contributed by atoms with van der Waals surface area (Å²) < 4.78 is 28.3. The zero-order valence-electron chi connectivity index (χ0n) is 13.5. The van der Waals surface area contributed by atoms with Gasteiger partial charge < -0.3 is 0 Å². The minimum atomic E-state index is -3.27. The van der Waals surface area contributed by atoms with Crippen LogP contribution in [0.25, 0.3) is 0 Å². The van der Waals surface area contributed by atoms with E-state index in [-0.39, 0.29) is 35.3 Å². The number of hydrogen-bond acceptors (Lipinski definition) is 3. The van der Waals surface area contributed by atoms with Crippen molar-refractivity contribution >= 4 is 39.7 Å². The zero-order valence-corrected chi connectivity index (χ0v) is 14.3. The van der Waals surface area contributed by atoms with Gasteiger partial charge in [-0.25, -0.2) is 0 Å². The fourth-order valence-electron chi connectivity index (χ4n) is 2.19. The third-order valence-corrected chi connectivity index (χ3v) is 4.82. The molecule has 0 unspecified atom stereocenters. The van der Waals surface area contributed by atoms with Gasteiger partial charge in [-0.1, -0.05) is 78.1 Å². The van der Waals surface area contributed by atoms with Crippen LogP contribution in [0.5, 0.6) is 0 Å². The van der Waals surface area contributed by atoms with Crippen molar-refractivity contribution in [2.45, 2.75) is 90.9 Å². The van der Waals surface area contributed by atoms with Gasteiger partial charge in [-0.05, 0) is 12.8 Å². The Balaban J connectivity index is 0. The Labute approximate surface area is 155 Å². The maximum atomic E-state index is 11.6. The fraction of sp³-hybridized carbons (Fsp3) is 1.00. The van der Waals surface area contributed by atoms with Gasteiger partial charge in [-0.15, -0.1) is 0 Å². The summed E-state index contributed by atoms with van der Waals surface area (Å²) >= 11 is 0. The normalized spacial score (nSPS) is 11.3. The van der Waals surface area contributed by atoms with Gasteiger partial charge in [-0.3, -0.25) is 4.18 Å². The van der Waals surface area contributed by atoms with Crippen LogP contribution in [0.1, 0.15) is 90.9 Å². The average molecular weight is 331 g/mol. The molecule has 0 aromatic carbocycles. The molecule has 0 atom stereocenters. The summed E-state index contributed by atoms with van der Waals surface area (Å²) in [5.41, 5.74) is 0. The van der Waals surface area contributed by atoms with E-state index in [0.29, 0.717) is 6.61 Å². The van der Waals surface area contributed by atoms with Crippen molar-refractivity contribution in [1.82, 2.24) is 0 Å². The fourth-order valence-corrected chi connectivity index (χ4v) is 3.23. The third-order valence-electron chi connectivity index (χ3n) is 3.51. The molecule has 0 aromatic heterocycles. The van der Waals surface area contributed by atoms with Crippen molar-refractivity contribution in [3.05, 3.63) is 0 Å². The Morgan fingerprint density at radius 2 is 1.10 bits per heavy atom. The monoisotopic (exact) mass is 330 g/mol. The minimum absolute atomic E-state index is 0. The molecule has 0 spiro atoms. The van der Waals surface area contributed by atoms with Crippen LogP contribution in [0, 0.1) is 0 Å². The van der Waals surface area contributed by atoms with E-state index in [4.69, 9.17) is 4.18 Å². The first-order chi connectivity index (χ1) is 9.62. The van der Waals surface area contributed by atoms with Crippen LogP contribution in [-0.4, -0.2) is 50.3 Å². The average Bonchev–Trinajstić information content (AvgIpc) is 2.41. The maximum absolute atomic E-state index is 11.6. The summed E-state index contributed by atoms with van der Waals surface area (Å²) in [7, 11) is -3.27. The first-order valence-corrected chi connectivity index (χ1v) is 10.1. The number of rotatable bonds is 15. The quantitative estimate of drug-likeness (QED) is 0.254. The second-order valence-corrected chi connectivity index (χ2v) is 7.38. The molecule has 0 fully saturated rings. The van der Waals surface area contributed by atoms with E-state index in [1.54, 1.807) is 0 Å². The Hall–Kier alpha value is 0.910. The summed E-state index contributed by atoms with van der Waals surface area (Å²) in [6.45, 7) is 4.74. The van der Waals surface area contributed by atoms with Crippen LogP contribution in [-0.2, 0) is 14.3 Å². The molecule has 5 heteroatoms. The van der Waals surface area contributed by atoms with Gasteiger partial charge in [0.05, 0.1) is 12.4 Å². The molecule has 0 amide bonds. The Bertz CT molecular complexity index is 292. The summed E-state index contributed by atoms with van der Waals surface area (Å²) in [5, 5.41) is 0. The molecule has 0 aliphatic carbocycles. The van der Waals surface area contributed by atoms with E-state index in [2.05, 4.69) is 13.8 Å². The molecule has 0 rings (SSSR count). The Morgan fingerprint density at radius 1 is 0.667 bits per heavy atom. The van der Waals surface area contributed by atoms with Crippen molar-refractivity contribution in [3.8, 4) is 0 Å². The molecule has 0 saturated heterocycles. The van der Waals surface area contributed by atoms with Crippen LogP contribution in [0.2, 0.25) is 0 Å². The first kappa shape index (κ1) is 24.2. The van der Waals surface area contributed by atoms with Gasteiger partial charge in [-0.2, -0.15) is 8.42 Å². The molecule has 0 saturated carbocycles. The van der Waals surface area contributed by atoms with Gasteiger partial charge in [0.2, 0.25) is 0 Å². The van der Waals surface area contributed by atoms with Crippen molar-refractivity contribution in [1.29, 1.82) is 0 Å². The van der Waals surface area contributed by atoms with Crippen molar-refractivity contribution < 1.29 is 12.6 Å². The molecule has 0 aliphatic heterocycles. The summed E-state index contributed by atoms with van der Waals surface area (Å²) in [6.07, 6.45) is 13.5. The summed E-state index contributed by atoms with van der Waals surface area (Å²) in [6, 6.07) is 0. The first-order valence-electron chi connectivity index (χ1n) is 8.49. The number of hydrogen-bond donors (Lipinski definition) is 0. The Morgan fingerprint density at radius 3 is 1.62 bits per heavy atom. The molecule has 124 valence electrons. The van der Waals surface area contributed by atoms with Gasteiger partial charge in [0, 0.05) is 0 Å². The van der Waals surface area contributed by atoms with Crippen LogP contribution < -0.4 is 0 Å². The van der Waals surface area contributed by atoms with E-state index in [1.807, 2.05) is 0 Å². The van der Waals surface area contributed by atoms with Crippen molar-refractivity contribution in [2.24, 2.45) is 0 Å². The molecular weight excluding hydrogens is 295 g/mol. The van der Waals surface area contributed by atoms with E-state index in [0.717, 1.165) is 32.1 Å². The number of unbranched alkanes of at least 4 members (excludes halogenated alkanes) is 10. The van der Waals surface area contributed by atoms with Crippen LogP contribution in [0.4, 0.5) is 0 Å². The van der Waals surface area contributed by atoms with E-state index in [9.17, 15) is 8.42 Å². The second-order valence-electron chi connectivity index (χ2n) is 5.62. The van der Waals surface area contributed by atoms with Crippen molar-refractivity contribution in [2.75, 3.05) is 12.4 Å². The SMILES string of the molecule is CCCCCCCCOS(=O)(=O)CCCCCCCC.[NaH]. The van der Waals surface area contributed by atoms with E-state index < -0.39 is 10.1 Å². The van der Waals surface area contributed by atoms with Crippen LogP contribution >= 0.6 is 0 Å². The Kier molecular flexibility index (Phi) is 19.9. The predicted molar refractivity (Wildman–Crippen MR) is 93.6 cm³/mol. The standard InChI is InChI=1S/C16H34O3S.Na.H/c1-3-5-7-9-11-13-15-19-20(17,18)16-14-12-10-8-6-4-2;;/h3-16H2,1-2H3;;. The van der Waals surface area contributed by atoms with Gasteiger partial charge in [0.25, 0.3) is 10.1 Å². The van der Waals surface area contributed by atoms with Gasteiger partial charge in [0.15, 0.2) is 0 Å². The second kappa shape index (κ2) is 17.3. The van der Waals surface area contributed by atoms with Crippen molar-refractivity contribution in [3.63, 3.8) is 0 Å². The van der Waals surface area contributed by atoms with E-state index in [1.165, 1.54) is 44.9 Å². The summed E-state index contributed by atoms with van der Waals surface area (Å²) in [5.74, 6) is 0.189. The molecule has 0 radical (unpaired) electrons. The summed E-state index contributed by atoms with van der Waals surface area (Å²) in [4.78, 5) is 0. The molecule has 0 N–H and O–H groups in total. The van der Waals surface area contributed by atoms with Gasteiger partial charge >= 0.3 is 29.6 Å². The van der Waals surface area contributed by atoms with Crippen LogP contribution in [0.3, 0.4) is 0 Å². The zero-order chi connectivity index (χ0) is 15.1. The predicted octanol–water partition coefficient (Wildman–Crippen LogP) is 4.41. The molecule has 0 aromatic rings. The third kappa shape index (κ3) is 18.9.